The van der Waals surface area contributed by atoms with Crippen molar-refractivity contribution in [3.05, 3.63) is 47.2 Å². The zero-order chi connectivity index (χ0) is 15.7. The minimum absolute atomic E-state index is 0.0177. The molecule has 0 amide bonds. The highest BCUT2D eigenvalue weighted by Gasteiger charge is 2.11. The quantitative estimate of drug-likeness (QED) is 0.287. The second-order valence-electron chi connectivity index (χ2n) is 4.02. The second-order valence-corrected chi connectivity index (χ2v) is 4.02. The summed E-state index contributed by atoms with van der Waals surface area (Å²) in [6.45, 7) is 2.34. The van der Waals surface area contributed by atoms with Gasteiger partial charge in [0.2, 0.25) is 0 Å². The minimum atomic E-state index is -0.635. The Labute approximate surface area is 124 Å². The molecule has 0 bridgehead atoms. The third-order valence-electron chi connectivity index (χ3n) is 2.63. The Balaban J connectivity index is 2.98. The van der Waals surface area contributed by atoms with Crippen molar-refractivity contribution >= 4 is 18.3 Å². The topological polar surface area (TPSA) is 68.1 Å². The number of esters is 1. The SMILES string of the molecule is CCN=C/C(C(=O)OC)=C(\O)C=Cc1ccc(OC)cc1. The number of benzene rings is 1. The van der Waals surface area contributed by atoms with Crippen molar-refractivity contribution in [2.24, 2.45) is 4.99 Å². The number of nitrogens with zero attached hydrogens (tertiary/aromatic N) is 1. The van der Waals surface area contributed by atoms with Gasteiger partial charge < -0.3 is 14.6 Å². The van der Waals surface area contributed by atoms with Crippen molar-refractivity contribution in [3.8, 4) is 5.75 Å². The number of ether oxygens (including phenoxy) is 2. The number of allylic oxidation sites excluding steroid dienone is 1. The summed E-state index contributed by atoms with van der Waals surface area (Å²) in [6, 6.07) is 7.28. The van der Waals surface area contributed by atoms with Crippen LogP contribution >= 0.6 is 0 Å². The van der Waals surface area contributed by atoms with Gasteiger partial charge in [-0.15, -0.1) is 0 Å². The maximum Gasteiger partial charge on any atom is 0.343 e. The Morgan fingerprint density at radius 3 is 2.48 bits per heavy atom. The van der Waals surface area contributed by atoms with Crippen molar-refractivity contribution in [1.29, 1.82) is 0 Å². The number of methoxy groups -OCH3 is 2. The number of aliphatic hydroxyl groups is 1. The van der Waals surface area contributed by atoms with Crippen LogP contribution in [-0.4, -0.2) is 38.1 Å². The van der Waals surface area contributed by atoms with Gasteiger partial charge in [0.25, 0.3) is 0 Å². The summed E-state index contributed by atoms with van der Waals surface area (Å²) >= 11 is 0. The molecule has 0 saturated heterocycles. The van der Waals surface area contributed by atoms with Gasteiger partial charge >= 0.3 is 5.97 Å². The first kappa shape index (κ1) is 16.5. The van der Waals surface area contributed by atoms with Crippen molar-refractivity contribution in [2.45, 2.75) is 6.92 Å². The van der Waals surface area contributed by atoms with Crippen LogP contribution in [0.2, 0.25) is 0 Å². The van der Waals surface area contributed by atoms with Gasteiger partial charge in [-0.1, -0.05) is 18.2 Å². The van der Waals surface area contributed by atoms with Crippen molar-refractivity contribution in [1.82, 2.24) is 0 Å². The van der Waals surface area contributed by atoms with Gasteiger partial charge in [-0.05, 0) is 30.7 Å². The molecule has 21 heavy (non-hydrogen) atoms. The van der Waals surface area contributed by atoms with Crippen LogP contribution in [0.3, 0.4) is 0 Å². The lowest BCUT2D eigenvalue weighted by atomic mass is 10.1. The van der Waals surface area contributed by atoms with E-state index in [1.165, 1.54) is 19.4 Å². The lowest BCUT2D eigenvalue weighted by Crippen LogP contribution is -2.08. The standard InChI is InChI=1S/C16H19NO4/c1-4-17-11-14(16(19)21-3)15(18)10-7-12-5-8-13(20-2)9-6-12/h5-11,18H,4H2,1-3H3/b10-7?,15-14+,17-11?. The molecule has 0 unspecified atom stereocenters. The number of hydrogen-bond acceptors (Lipinski definition) is 5. The fourth-order valence-electron chi connectivity index (χ4n) is 1.50. The summed E-state index contributed by atoms with van der Waals surface area (Å²) in [5.41, 5.74) is 0.878. The molecule has 112 valence electrons. The van der Waals surface area contributed by atoms with Gasteiger partial charge in [0.1, 0.15) is 17.1 Å². The van der Waals surface area contributed by atoms with Crippen LogP contribution in [0.5, 0.6) is 5.75 Å². The smallest absolute Gasteiger partial charge is 0.343 e. The lowest BCUT2D eigenvalue weighted by molar-refractivity contribution is -0.135. The molecule has 0 aliphatic heterocycles. The molecule has 1 N–H and O–H groups in total. The Hall–Kier alpha value is -2.56. The van der Waals surface area contributed by atoms with Crippen molar-refractivity contribution < 1.29 is 19.4 Å². The van der Waals surface area contributed by atoms with Crippen LogP contribution in [0, 0.1) is 0 Å². The van der Waals surface area contributed by atoms with Crippen LogP contribution in [0.15, 0.2) is 46.7 Å². The predicted octanol–water partition coefficient (Wildman–Crippen LogP) is 2.78. The third kappa shape index (κ3) is 5.14. The van der Waals surface area contributed by atoms with Gasteiger partial charge in [0, 0.05) is 12.8 Å². The molecule has 1 aromatic carbocycles. The molecule has 1 rings (SSSR count). The molecule has 0 aliphatic rings. The fourth-order valence-corrected chi connectivity index (χ4v) is 1.50. The summed E-state index contributed by atoms with van der Waals surface area (Å²) in [6.07, 6.45) is 4.41. The van der Waals surface area contributed by atoms with Gasteiger partial charge in [-0.2, -0.15) is 0 Å². The van der Waals surface area contributed by atoms with Crippen molar-refractivity contribution in [2.75, 3.05) is 20.8 Å². The number of aliphatic imine (C=N–C) groups is 1. The number of carbonyl (C=O) groups is 1. The van der Waals surface area contributed by atoms with E-state index in [1.54, 1.807) is 25.3 Å². The summed E-state index contributed by atoms with van der Waals surface area (Å²) in [5.74, 6) is -0.0869. The van der Waals surface area contributed by atoms with E-state index in [-0.39, 0.29) is 11.3 Å². The zero-order valence-electron chi connectivity index (χ0n) is 12.4. The molecule has 5 heteroatoms. The van der Waals surface area contributed by atoms with E-state index in [9.17, 15) is 9.90 Å². The highest BCUT2D eigenvalue weighted by atomic mass is 16.5. The first-order valence-electron chi connectivity index (χ1n) is 6.45. The van der Waals surface area contributed by atoms with E-state index in [0.29, 0.717) is 6.54 Å². The summed E-state index contributed by atoms with van der Waals surface area (Å²) in [5, 5.41) is 9.98. The van der Waals surface area contributed by atoms with E-state index in [1.807, 2.05) is 19.1 Å². The molecule has 0 aliphatic carbocycles. The largest absolute Gasteiger partial charge is 0.507 e. The highest BCUT2D eigenvalue weighted by Crippen LogP contribution is 2.13. The highest BCUT2D eigenvalue weighted by molar-refractivity contribution is 6.10. The molecule has 0 atom stereocenters. The van der Waals surface area contributed by atoms with Crippen LogP contribution in [0.4, 0.5) is 0 Å². The molecule has 0 saturated carbocycles. The fraction of sp³-hybridized carbons (Fsp3) is 0.250. The summed E-state index contributed by atoms with van der Waals surface area (Å²) < 4.78 is 9.68. The first-order chi connectivity index (χ1) is 10.1. The molecule has 0 fully saturated rings. The maximum absolute atomic E-state index is 11.6. The van der Waals surface area contributed by atoms with Gasteiger partial charge in [0.15, 0.2) is 0 Å². The molecule has 5 nitrogen and oxygen atoms in total. The Bertz CT molecular complexity index is 556. The Morgan fingerprint density at radius 1 is 1.29 bits per heavy atom. The molecule has 0 heterocycles. The molecular weight excluding hydrogens is 270 g/mol. The minimum Gasteiger partial charge on any atom is -0.507 e. The average molecular weight is 289 g/mol. The van der Waals surface area contributed by atoms with E-state index >= 15 is 0 Å². The van der Waals surface area contributed by atoms with Crippen molar-refractivity contribution in [3.63, 3.8) is 0 Å². The van der Waals surface area contributed by atoms with Gasteiger partial charge in [-0.3, -0.25) is 4.99 Å². The molecule has 0 spiro atoms. The molecular formula is C16H19NO4. The number of carbonyl (C=O) groups excluding carboxylic acids is 1. The van der Waals surface area contributed by atoms with Crippen LogP contribution in [0.1, 0.15) is 12.5 Å². The number of rotatable bonds is 6. The first-order valence-corrected chi connectivity index (χ1v) is 6.45. The van der Waals surface area contributed by atoms with Crippen LogP contribution in [0.25, 0.3) is 6.08 Å². The van der Waals surface area contributed by atoms with Crippen LogP contribution in [-0.2, 0) is 9.53 Å². The number of aliphatic hydroxyl groups excluding tert-OH is 1. The van der Waals surface area contributed by atoms with Crippen LogP contribution < -0.4 is 4.74 Å². The average Bonchev–Trinajstić information content (AvgIpc) is 2.53. The molecule has 1 aromatic rings. The van der Waals surface area contributed by atoms with Gasteiger partial charge in [0.05, 0.1) is 14.2 Å². The van der Waals surface area contributed by atoms with E-state index in [4.69, 9.17) is 4.74 Å². The normalized spacial score (nSPS) is 12.5. The van der Waals surface area contributed by atoms with E-state index in [2.05, 4.69) is 9.73 Å². The maximum atomic E-state index is 11.6. The lowest BCUT2D eigenvalue weighted by Gasteiger charge is -2.02. The van der Waals surface area contributed by atoms with Gasteiger partial charge in [-0.25, -0.2) is 4.79 Å². The Morgan fingerprint density at radius 2 is 1.95 bits per heavy atom. The van der Waals surface area contributed by atoms with E-state index < -0.39 is 5.97 Å². The molecule has 0 aromatic heterocycles. The predicted molar refractivity (Wildman–Crippen MR) is 82.7 cm³/mol. The monoisotopic (exact) mass is 289 g/mol. The van der Waals surface area contributed by atoms with E-state index in [0.717, 1.165) is 11.3 Å². The second kappa shape index (κ2) is 8.58. The zero-order valence-corrected chi connectivity index (χ0v) is 12.4. The summed E-state index contributed by atoms with van der Waals surface area (Å²) in [4.78, 5) is 15.5. The third-order valence-corrected chi connectivity index (χ3v) is 2.63. The summed E-state index contributed by atoms with van der Waals surface area (Å²) in [7, 11) is 2.84. The Kier molecular flexibility index (Phi) is 6.74. The molecule has 0 radical (unpaired) electrons. The number of hydrogen-bond donors (Lipinski definition) is 1.